The number of rotatable bonds is 9. The highest BCUT2D eigenvalue weighted by molar-refractivity contribution is 5.75. The number of ether oxygens (including phenoxy) is 1. The fourth-order valence-electron chi connectivity index (χ4n) is 7.40. The monoisotopic (exact) mass is 480 g/mol. The quantitative estimate of drug-likeness (QED) is 0.200. The summed E-state index contributed by atoms with van der Waals surface area (Å²) in [7, 11) is 0. The summed E-state index contributed by atoms with van der Waals surface area (Å²) in [4.78, 5) is 13.2. The van der Waals surface area contributed by atoms with E-state index in [-0.39, 0.29) is 17.6 Å². The van der Waals surface area contributed by atoms with Crippen molar-refractivity contribution in [2.24, 2.45) is 35.5 Å². The zero-order chi connectivity index (χ0) is 24.6. The number of halogens is 1. The molecule has 0 N–H and O–H groups in total. The molecule has 3 saturated carbocycles. The summed E-state index contributed by atoms with van der Waals surface area (Å²) in [5.41, 5.74) is 0.907. The highest BCUT2D eigenvalue weighted by Gasteiger charge is 2.43. The van der Waals surface area contributed by atoms with Crippen LogP contribution in [0.25, 0.3) is 0 Å². The van der Waals surface area contributed by atoms with Crippen LogP contribution in [0.5, 0.6) is 5.75 Å². The molecule has 1 aromatic carbocycles. The molecular weight excluding hydrogens is 435 g/mol. The van der Waals surface area contributed by atoms with Crippen LogP contribution in [0, 0.1) is 41.3 Å². The molecule has 3 heteroatoms. The summed E-state index contributed by atoms with van der Waals surface area (Å²) in [6.45, 7) is 5.84. The number of esters is 1. The van der Waals surface area contributed by atoms with E-state index in [2.05, 4.69) is 25.7 Å². The molecule has 0 aliphatic heterocycles. The average molecular weight is 481 g/mol. The summed E-state index contributed by atoms with van der Waals surface area (Å²) in [6.07, 6.45) is 23.0. The molecule has 0 radical (unpaired) electrons. The molecule has 1 aromatic rings. The van der Waals surface area contributed by atoms with Crippen LogP contribution >= 0.6 is 0 Å². The number of hydrogen-bond donors (Lipinski definition) is 0. The maximum Gasteiger partial charge on any atom is 0.314 e. The van der Waals surface area contributed by atoms with Gasteiger partial charge in [0.25, 0.3) is 0 Å². The summed E-state index contributed by atoms with van der Waals surface area (Å²) < 4.78 is 20.3. The molecular formula is C32H45FO2. The Bertz CT molecular complexity index is 866. The Labute approximate surface area is 212 Å². The standard InChI is InChI=1S/C32H45FO2/c1-3-5-7-10-23-13-16-25(17-14-23)26-18-19-28-27(22-26)11-8-12-29(28)32(34)35-31-20-15-24(9-6-4-2)21-30(31)33/h3-5,15,20-21,23,25-29H,2,6-14,16-19,22H2,1H3/b5-3+. The molecule has 3 aliphatic carbocycles. The van der Waals surface area contributed by atoms with Crippen LogP contribution < -0.4 is 4.74 Å². The van der Waals surface area contributed by atoms with E-state index < -0.39 is 5.82 Å². The molecule has 2 nitrogen and oxygen atoms in total. The molecule has 4 unspecified atom stereocenters. The van der Waals surface area contributed by atoms with E-state index in [9.17, 15) is 9.18 Å². The van der Waals surface area contributed by atoms with Gasteiger partial charge in [-0.15, -0.1) is 6.58 Å². The van der Waals surface area contributed by atoms with Crippen LogP contribution in [0.3, 0.4) is 0 Å². The second-order valence-corrected chi connectivity index (χ2v) is 11.5. The van der Waals surface area contributed by atoms with E-state index in [1.807, 2.05) is 12.1 Å². The van der Waals surface area contributed by atoms with Gasteiger partial charge in [-0.25, -0.2) is 4.39 Å². The van der Waals surface area contributed by atoms with E-state index in [1.165, 1.54) is 63.9 Å². The fourth-order valence-corrected chi connectivity index (χ4v) is 7.40. The van der Waals surface area contributed by atoms with Crippen LogP contribution in [0.4, 0.5) is 4.39 Å². The summed E-state index contributed by atoms with van der Waals surface area (Å²) in [5, 5.41) is 0. The molecule has 3 aliphatic rings. The summed E-state index contributed by atoms with van der Waals surface area (Å²) in [6, 6.07) is 4.98. The lowest BCUT2D eigenvalue weighted by atomic mass is 9.59. The smallest absolute Gasteiger partial charge is 0.314 e. The number of carbonyl (C=O) groups is 1. The van der Waals surface area contributed by atoms with Gasteiger partial charge in [-0.1, -0.05) is 50.0 Å². The van der Waals surface area contributed by atoms with Crippen molar-refractivity contribution in [2.45, 2.75) is 96.8 Å². The SMILES string of the molecule is C=CCCc1ccc(OC(=O)C2CCCC3CC(C4CCC(CC/C=C/C)CC4)CCC32)c(F)c1. The lowest BCUT2D eigenvalue weighted by Gasteiger charge is -2.46. The van der Waals surface area contributed by atoms with Gasteiger partial charge in [0.2, 0.25) is 0 Å². The van der Waals surface area contributed by atoms with Crippen molar-refractivity contribution in [3.05, 3.63) is 54.4 Å². The molecule has 0 aromatic heterocycles. The van der Waals surface area contributed by atoms with Crippen molar-refractivity contribution in [1.29, 1.82) is 0 Å². The molecule has 0 bridgehead atoms. The predicted octanol–water partition coefficient (Wildman–Crippen LogP) is 8.85. The zero-order valence-electron chi connectivity index (χ0n) is 21.7. The van der Waals surface area contributed by atoms with E-state index in [4.69, 9.17) is 4.74 Å². The topological polar surface area (TPSA) is 26.3 Å². The van der Waals surface area contributed by atoms with E-state index in [0.717, 1.165) is 55.4 Å². The molecule has 4 atom stereocenters. The van der Waals surface area contributed by atoms with Gasteiger partial charge < -0.3 is 4.74 Å². The highest BCUT2D eigenvalue weighted by Crippen LogP contribution is 2.50. The second kappa shape index (κ2) is 12.9. The third-order valence-corrected chi connectivity index (χ3v) is 9.37. The van der Waals surface area contributed by atoms with Crippen molar-refractivity contribution < 1.29 is 13.9 Å². The lowest BCUT2D eigenvalue weighted by molar-refractivity contribution is -0.144. The van der Waals surface area contributed by atoms with Crippen molar-refractivity contribution in [3.8, 4) is 5.75 Å². The summed E-state index contributed by atoms with van der Waals surface area (Å²) >= 11 is 0. The first-order valence-corrected chi connectivity index (χ1v) is 14.3. The van der Waals surface area contributed by atoms with Crippen LogP contribution in [0.2, 0.25) is 0 Å². The fraction of sp³-hybridized carbons (Fsp3) is 0.656. The van der Waals surface area contributed by atoms with Crippen LogP contribution in [0.1, 0.15) is 96.0 Å². The van der Waals surface area contributed by atoms with Crippen LogP contribution in [0.15, 0.2) is 43.0 Å². The van der Waals surface area contributed by atoms with Gasteiger partial charge in [-0.2, -0.15) is 0 Å². The minimum absolute atomic E-state index is 0.0723. The minimum atomic E-state index is -0.433. The van der Waals surface area contributed by atoms with Gasteiger partial charge in [0.05, 0.1) is 5.92 Å². The van der Waals surface area contributed by atoms with E-state index in [1.54, 1.807) is 6.07 Å². The Kier molecular flexibility index (Phi) is 9.63. The summed E-state index contributed by atoms with van der Waals surface area (Å²) in [5.74, 6) is 3.06. The Hall–Kier alpha value is -1.90. The lowest BCUT2D eigenvalue weighted by Crippen LogP contribution is -2.40. The number of aryl methyl sites for hydroxylation is 1. The minimum Gasteiger partial charge on any atom is -0.423 e. The van der Waals surface area contributed by atoms with Crippen molar-refractivity contribution in [3.63, 3.8) is 0 Å². The van der Waals surface area contributed by atoms with Crippen molar-refractivity contribution >= 4 is 5.97 Å². The maximum atomic E-state index is 14.6. The van der Waals surface area contributed by atoms with Crippen molar-refractivity contribution in [1.82, 2.24) is 0 Å². The van der Waals surface area contributed by atoms with Gasteiger partial charge in [-0.05, 0) is 118 Å². The number of allylic oxidation sites excluding steroid dienone is 3. The van der Waals surface area contributed by atoms with Crippen molar-refractivity contribution in [2.75, 3.05) is 0 Å². The highest BCUT2D eigenvalue weighted by atomic mass is 19.1. The van der Waals surface area contributed by atoms with Crippen LogP contribution in [-0.4, -0.2) is 5.97 Å². The predicted molar refractivity (Wildman–Crippen MR) is 142 cm³/mol. The molecule has 0 saturated heterocycles. The second-order valence-electron chi connectivity index (χ2n) is 11.5. The van der Waals surface area contributed by atoms with Gasteiger partial charge in [0.15, 0.2) is 11.6 Å². The molecule has 0 amide bonds. The Morgan fingerprint density at radius 3 is 2.57 bits per heavy atom. The number of benzene rings is 1. The third-order valence-electron chi connectivity index (χ3n) is 9.37. The number of hydrogen-bond acceptors (Lipinski definition) is 2. The maximum absolute atomic E-state index is 14.6. The van der Waals surface area contributed by atoms with E-state index >= 15 is 0 Å². The Balaban J connectivity index is 1.29. The molecule has 192 valence electrons. The van der Waals surface area contributed by atoms with E-state index in [0.29, 0.717) is 11.8 Å². The molecule has 35 heavy (non-hydrogen) atoms. The Morgan fingerprint density at radius 1 is 1.03 bits per heavy atom. The van der Waals surface area contributed by atoms with Gasteiger partial charge in [0, 0.05) is 0 Å². The molecule has 0 spiro atoms. The Morgan fingerprint density at radius 2 is 1.83 bits per heavy atom. The van der Waals surface area contributed by atoms with Gasteiger partial charge >= 0.3 is 5.97 Å². The first kappa shape index (κ1) is 26.2. The number of carbonyl (C=O) groups excluding carboxylic acids is 1. The first-order valence-electron chi connectivity index (χ1n) is 14.3. The molecule has 0 heterocycles. The zero-order valence-corrected chi connectivity index (χ0v) is 21.7. The molecule has 4 rings (SSSR count). The normalized spacial score (nSPS) is 31.1. The third kappa shape index (κ3) is 6.86. The van der Waals surface area contributed by atoms with Crippen LogP contribution in [-0.2, 0) is 11.2 Å². The first-order chi connectivity index (χ1) is 17.1. The average Bonchev–Trinajstić information content (AvgIpc) is 2.88. The molecule has 3 fully saturated rings. The number of fused-ring (bicyclic) bond motifs is 1. The largest absolute Gasteiger partial charge is 0.423 e. The van der Waals surface area contributed by atoms with Gasteiger partial charge in [-0.3, -0.25) is 4.79 Å². The van der Waals surface area contributed by atoms with Gasteiger partial charge in [0.1, 0.15) is 0 Å².